The van der Waals surface area contributed by atoms with Gasteiger partial charge in [0.15, 0.2) is 0 Å². The Morgan fingerprint density at radius 3 is 2.33 bits per heavy atom. The monoisotopic (exact) mass is 268 g/mol. The van der Waals surface area contributed by atoms with E-state index in [1.165, 1.54) is 4.90 Å². The summed E-state index contributed by atoms with van der Waals surface area (Å²) in [5, 5.41) is 2.75. The van der Waals surface area contributed by atoms with Crippen molar-refractivity contribution in [1.29, 1.82) is 0 Å². The molecule has 0 saturated heterocycles. The molecule has 0 aromatic heterocycles. The first-order valence-corrected chi connectivity index (χ1v) is 6.25. The number of nitrogens with zero attached hydrogens (tertiary/aromatic N) is 1. The molecule has 2 amide bonds. The van der Waals surface area contributed by atoms with Crippen molar-refractivity contribution < 1.29 is 9.59 Å². The summed E-state index contributed by atoms with van der Waals surface area (Å²) in [6, 6.07) is 6.82. The zero-order valence-corrected chi connectivity index (χ0v) is 11.3. The van der Waals surface area contributed by atoms with Gasteiger partial charge < -0.3 is 10.2 Å². The predicted molar refractivity (Wildman–Crippen MR) is 73.0 cm³/mol. The highest BCUT2D eigenvalue weighted by Gasteiger charge is 2.08. The minimum absolute atomic E-state index is 0.0602. The molecule has 0 heterocycles. The smallest absolute Gasteiger partial charge is 0.253 e. The van der Waals surface area contributed by atoms with Gasteiger partial charge in [0.2, 0.25) is 5.91 Å². The Balaban J connectivity index is 2.60. The predicted octanol–water partition coefficient (Wildman–Crippen LogP) is 2.35. The largest absolute Gasteiger partial charge is 0.345 e. The molecule has 0 spiro atoms. The molecule has 1 aromatic rings. The maximum atomic E-state index is 11.6. The number of anilines is 1. The van der Waals surface area contributed by atoms with E-state index >= 15 is 0 Å². The van der Waals surface area contributed by atoms with Crippen LogP contribution in [0, 0.1) is 0 Å². The van der Waals surface area contributed by atoms with E-state index in [0.29, 0.717) is 30.0 Å². The van der Waals surface area contributed by atoms with Gasteiger partial charge in [-0.3, -0.25) is 9.59 Å². The number of hydrogen-bond donors (Lipinski definition) is 1. The molecule has 98 valence electrons. The molecular formula is C13H17ClN2O2. The third-order valence-electron chi connectivity index (χ3n) is 2.36. The molecule has 4 nitrogen and oxygen atoms in total. The maximum Gasteiger partial charge on any atom is 0.253 e. The molecule has 18 heavy (non-hydrogen) atoms. The average Bonchev–Trinajstić information content (AvgIpc) is 2.36. The van der Waals surface area contributed by atoms with E-state index in [-0.39, 0.29) is 11.8 Å². The van der Waals surface area contributed by atoms with Crippen LogP contribution in [0.2, 0.25) is 0 Å². The van der Waals surface area contributed by atoms with Crippen LogP contribution in [0.25, 0.3) is 0 Å². The quantitative estimate of drug-likeness (QED) is 0.834. The minimum atomic E-state index is -0.0673. The number of alkyl halides is 1. The lowest BCUT2D eigenvalue weighted by atomic mass is 10.2. The molecule has 0 aliphatic heterocycles. The highest BCUT2D eigenvalue weighted by atomic mass is 35.5. The van der Waals surface area contributed by atoms with Gasteiger partial charge in [-0.05, 0) is 30.7 Å². The van der Waals surface area contributed by atoms with E-state index in [0.717, 1.165) is 0 Å². The summed E-state index contributed by atoms with van der Waals surface area (Å²) >= 11 is 5.51. The SMILES string of the molecule is CN(C)C(=O)c1ccc(NC(=O)CCCCl)cc1. The van der Waals surface area contributed by atoms with E-state index in [1.807, 2.05) is 0 Å². The second-order valence-electron chi connectivity index (χ2n) is 4.12. The molecule has 5 heteroatoms. The number of nitrogens with one attached hydrogen (secondary N) is 1. The zero-order valence-electron chi connectivity index (χ0n) is 10.6. The molecule has 1 rings (SSSR count). The van der Waals surface area contributed by atoms with Gasteiger partial charge in [-0.15, -0.1) is 11.6 Å². The minimum Gasteiger partial charge on any atom is -0.345 e. The number of amides is 2. The van der Waals surface area contributed by atoms with Crippen LogP contribution in [0.1, 0.15) is 23.2 Å². The second kappa shape index (κ2) is 7.01. The Kier molecular flexibility index (Phi) is 5.65. The van der Waals surface area contributed by atoms with Crippen LogP contribution in [0.15, 0.2) is 24.3 Å². The summed E-state index contributed by atoms with van der Waals surface area (Å²) in [4.78, 5) is 24.6. The molecule has 0 aliphatic carbocycles. The summed E-state index contributed by atoms with van der Waals surface area (Å²) in [5.74, 6) is 0.348. The summed E-state index contributed by atoms with van der Waals surface area (Å²) in [7, 11) is 3.40. The molecule has 0 bridgehead atoms. The summed E-state index contributed by atoms with van der Waals surface area (Å²) in [5.41, 5.74) is 1.28. The fourth-order valence-electron chi connectivity index (χ4n) is 1.41. The van der Waals surface area contributed by atoms with Crippen molar-refractivity contribution in [2.24, 2.45) is 0 Å². The molecule has 0 atom stereocenters. The first kappa shape index (κ1) is 14.5. The van der Waals surface area contributed by atoms with E-state index in [4.69, 9.17) is 11.6 Å². The van der Waals surface area contributed by atoms with Crippen LogP contribution in [-0.2, 0) is 4.79 Å². The van der Waals surface area contributed by atoms with Crippen molar-refractivity contribution >= 4 is 29.1 Å². The average molecular weight is 269 g/mol. The number of halogens is 1. The third kappa shape index (κ3) is 4.37. The number of carbonyl (C=O) groups is 2. The Hall–Kier alpha value is -1.55. The topological polar surface area (TPSA) is 49.4 Å². The van der Waals surface area contributed by atoms with Gasteiger partial charge in [0, 0.05) is 37.6 Å². The van der Waals surface area contributed by atoms with Gasteiger partial charge >= 0.3 is 0 Å². The molecular weight excluding hydrogens is 252 g/mol. The summed E-state index contributed by atoms with van der Waals surface area (Å²) in [6.45, 7) is 0. The molecule has 0 radical (unpaired) electrons. The fraction of sp³-hybridized carbons (Fsp3) is 0.385. The summed E-state index contributed by atoms with van der Waals surface area (Å²) < 4.78 is 0. The first-order chi connectivity index (χ1) is 8.54. The van der Waals surface area contributed by atoms with Crippen LogP contribution in [0.3, 0.4) is 0 Å². The number of hydrogen-bond acceptors (Lipinski definition) is 2. The van der Waals surface area contributed by atoms with Crippen LogP contribution in [-0.4, -0.2) is 36.7 Å². The second-order valence-corrected chi connectivity index (χ2v) is 4.50. The van der Waals surface area contributed by atoms with E-state index in [2.05, 4.69) is 5.32 Å². The van der Waals surface area contributed by atoms with Crippen LogP contribution < -0.4 is 5.32 Å². The number of carbonyl (C=O) groups excluding carboxylic acids is 2. The molecule has 0 unspecified atom stereocenters. The van der Waals surface area contributed by atoms with Crippen LogP contribution in [0.4, 0.5) is 5.69 Å². The number of benzene rings is 1. The Labute approximate surface area is 112 Å². The lowest BCUT2D eigenvalue weighted by Crippen LogP contribution is -2.21. The van der Waals surface area contributed by atoms with Crippen LogP contribution in [0.5, 0.6) is 0 Å². The van der Waals surface area contributed by atoms with Gasteiger partial charge in [0.05, 0.1) is 0 Å². The van der Waals surface area contributed by atoms with Gasteiger partial charge in [-0.1, -0.05) is 0 Å². The summed E-state index contributed by atoms with van der Waals surface area (Å²) in [6.07, 6.45) is 1.06. The van der Waals surface area contributed by atoms with Gasteiger partial charge in [0.25, 0.3) is 5.91 Å². The van der Waals surface area contributed by atoms with Crippen molar-refractivity contribution in [1.82, 2.24) is 4.90 Å². The van der Waals surface area contributed by atoms with Gasteiger partial charge in [-0.2, -0.15) is 0 Å². The van der Waals surface area contributed by atoms with Gasteiger partial charge in [-0.25, -0.2) is 0 Å². The van der Waals surface area contributed by atoms with Gasteiger partial charge in [0.1, 0.15) is 0 Å². The Morgan fingerprint density at radius 2 is 1.83 bits per heavy atom. The van der Waals surface area contributed by atoms with Crippen molar-refractivity contribution in [3.05, 3.63) is 29.8 Å². The normalized spacial score (nSPS) is 9.94. The molecule has 1 N–H and O–H groups in total. The number of rotatable bonds is 5. The standard InChI is InChI=1S/C13H17ClN2O2/c1-16(2)13(18)10-5-7-11(8-6-10)15-12(17)4-3-9-14/h5-8H,3-4,9H2,1-2H3,(H,15,17). The molecule has 0 saturated carbocycles. The lowest BCUT2D eigenvalue weighted by molar-refractivity contribution is -0.116. The molecule has 0 aliphatic rings. The van der Waals surface area contributed by atoms with Crippen molar-refractivity contribution in [3.8, 4) is 0 Å². The van der Waals surface area contributed by atoms with E-state index in [9.17, 15) is 9.59 Å². The van der Waals surface area contributed by atoms with Crippen molar-refractivity contribution in [3.63, 3.8) is 0 Å². The highest BCUT2D eigenvalue weighted by Crippen LogP contribution is 2.11. The van der Waals surface area contributed by atoms with Crippen LogP contribution >= 0.6 is 11.6 Å². The third-order valence-corrected chi connectivity index (χ3v) is 2.63. The Bertz CT molecular complexity index is 416. The lowest BCUT2D eigenvalue weighted by Gasteiger charge is -2.10. The van der Waals surface area contributed by atoms with Crippen molar-refractivity contribution in [2.75, 3.05) is 25.3 Å². The molecule has 0 fully saturated rings. The first-order valence-electron chi connectivity index (χ1n) is 5.72. The zero-order chi connectivity index (χ0) is 13.5. The van der Waals surface area contributed by atoms with Crippen molar-refractivity contribution in [2.45, 2.75) is 12.8 Å². The maximum absolute atomic E-state index is 11.6. The Morgan fingerprint density at radius 1 is 1.22 bits per heavy atom. The van der Waals surface area contributed by atoms with E-state index in [1.54, 1.807) is 38.4 Å². The van der Waals surface area contributed by atoms with E-state index < -0.39 is 0 Å². The highest BCUT2D eigenvalue weighted by molar-refractivity contribution is 6.18. The fourth-order valence-corrected chi connectivity index (χ4v) is 1.54. The molecule has 1 aromatic carbocycles.